The van der Waals surface area contributed by atoms with Gasteiger partial charge in [-0.3, -0.25) is 9.59 Å². The highest BCUT2D eigenvalue weighted by Gasteiger charge is 2.35. The predicted octanol–water partition coefficient (Wildman–Crippen LogP) is 2.87. The molecule has 0 radical (unpaired) electrons. The van der Waals surface area contributed by atoms with Gasteiger partial charge in [-0.1, -0.05) is 13.0 Å². The topological polar surface area (TPSA) is 77.1 Å². The van der Waals surface area contributed by atoms with Crippen LogP contribution in [0.15, 0.2) is 42.5 Å². The highest BCUT2D eigenvalue weighted by molar-refractivity contribution is 6.00. The molecule has 0 saturated carbocycles. The largest absolute Gasteiger partial charge is 0.494 e. The Bertz CT molecular complexity index is 897. The van der Waals surface area contributed by atoms with Crippen molar-refractivity contribution >= 4 is 17.5 Å². The molecule has 0 aliphatic carbocycles. The average molecular weight is 396 g/mol. The molecule has 2 amide bonds. The Hall–Kier alpha value is -3.22. The SMILES string of the molecule is CCCOc1ccc(N2C[C@@H](C(=O)NCc3ccc4c(c3)OCO4)CC2=O)cc1. The van der Waals surface area contributed by atoms with Crippen LogP contribution in [0.1, 0.15) is 25.3 Å². The van der Waals surface area contributed by atoms with Crippen molar-refractivity contribution in [3.8, 4) is 17.2 Å². The Morgan fingerprint density at radius 3 is 2.76 bits per heavy atom. The van der Waals surface area contributed by atoms with Crippen molar-refractivity contribution in [3.05, 3.63) is 48.0 Å². The smallest absolute Gasteiger partial charge is 0.231 e. The Kier molecular flexibility index (Phi) is 5.55. The van der Waals surface area contributed by atoms with E-state index in [2.05, 4.69) is 12.2 Å². The minimum absolute atomic E-state index is 0.0459. The molecular formula is C22H24N2O5. The molecule has 0 spiro atoms. The number of nitrogens with zero attached hydrogens (tertiary/aromatic N) is 1. The lowest BCUT2D eigenvalue weighted by Gasteiger charge is -2.17. The molecule has 29 heavy (non-hydrogen) atoms. The van der Waals surface area contributed by atoms with E-state index in [1.807, 2.05) is 42.5 Å². The molecule has 0 bridgehead atoms. The van der Waals surface area contributed by atoms with Crippen molar-refractivity contribution in [2.45, 2.75) is 26.3 Å². The number of benzene rings is 2. The summed E-state index contributed by atoms with van der Waals surface area (Å²) >= 11 is 0. The third-order valence-electron chi connectivity index (χ3n) is 5.02. The van der Waals surface area contributed by atoms with Crippen molar-refractivity contribution in [2.75, 3.05) is 24.8 Å². The summed E-state index contributed by atoms with van der Waals surface area (Å²) in [6.45, 7) is 3.68. The molecule has 1 atom stereocenters. The van der Waals surface area contributed by atoms with Gasteiger partial charge in [0, 0.05) is 25.2 Å². The first-order valence-corrected chi connectivity index (χ1v) is 9.83. The van der Waals surface area contributed by atoms with E-state index in [-0.39, 0.29) is 30.9 Å². The molecule has 2 aliphatic rings. The van der Waals surface area contributed by atoms with Gasteiger partial charge in [-0.15, -0.1) is 0 Å². The first-order valence-electron chi connectivity index (χ1n) is 9.83. The second-order valence-corrected chi connectivity index (χ2v) is 7.15. The third-order valence-corrected chi connectivity index (χ3v) is 5.02. The van der Waals surface area contributed by atoms with Gasteiger partial charge in [0.25, 0.3) is 0 Å². The molecule has 7 heteroatoms. The van der Waals surface area contributed by atoms with Gasteiger partial charge in [0.1, 0.15) is 5.75 Å². The molecule has 2 heterocycles. The fraction of sp³-hybridized carbons (Fsp3) is 0.364. The summed E-state index contributed by atoms with van der Waals surface area (Å²) in [6, 6.07) is 13.0. The Morgan fingerprint density at radius 1 is 1.17 bits per heavy atom. The molecule has 2 aromatic rings. The van der Waals surface area contributed by atoms with Gasteiger partial charge in [-0.05, 0) is 48.4 Å². The van der Waals surface area contributed by atoms with E-state index in [9.17, 15) is 9.59 Å². The molecule has 0 unspecified atom stereocenters. The summed E-state index contributed by atoms with van der Waals surface area (Å²) in [5.74, 6) is 1.64. The zero-order valence-corrected chi connectivity index (χ0v) is 16.3. The molecule has 152 valence electrons. The summed E-state index contributed by atoms with van der Waals surface area (Å²) in [4.78, 5) is 26.7. The van der Waals surface area contributed by atoms with Crippen LogP contribution >= 0.6 is 0 Å². The van der Waals surface area contributed by atoms with Crippen LogP contribution in [0.25, 0.3) is 0 Å². The van der Waals surface area contributed by atoms with E-state index < -0.39 is 0 Å². The summed E-state index contributed by atoms with van der Waals surface area (Å²) in [5.41, 5.74) is 1.70. The molecule has 2 aromatic carbocycles. The molecular weight excluding hydrogens is 372 g/mol. The van der Waals surface area contributed by atoms with Gasteiger partial charge in [-0.2, -0.15) is 0 Å². The lowest BCUT2D eigenvalue weighted by molar-refractivity contribution is -0.126. The lowest BCUT2D eigenvalue weighted by atomic mass is 10.1. The number of hydrogen-bond donors (Lipinski definition) is 1. The lowest BCUT2D eigenvalue weighted by Crippen LogP contribution is -2.32. The second kappa shape index (κ2) is 8.43. The standard InChI is InChI=1S/C22H24N2O5/c1-2-9-27-18-6-4-17(5-7-18)24-13-16(11-21(24)25)22(26)23-12-15-3-8-19-20(10-15)29-14-28-19/h3-8,10,16H,2,9,11-14H2,1H3,(H,23,26)/t16-/m0/s1. The fourth-order valence-electron chi connectivity index (χ4n) is 3.46. The highest BCUT2D eigenvalue weighted by atomic mass is 16.7. The molecule has 1 saturated heterocycles. The van der Waals surface area contributed by atoms with Gasteiger partial charge in [-0.25, -0.2) is 0 Å². The van der Waals surface area contributed by atoms with Gasteiger partial charge in [0.05, 0.1) is 12.5 Å². The van der Waals surface area contributed by atoms with E-state index in [1.165, 1.54) is 0 Å². The molecule has 1 fully saturated rings. The van der Waals surface area contributed by atoms with E-state index in [0.717, 1.165) is 23.4 Å². The van der Waals surface area contributed by atoms with Crippen molar-refractivity contribution in [2.24, 2.45) is 5.92 Å². The maximum atomic E-state index is 12.6. The average Bonchev–Trinajstić information content (AvgIpc) is 3.37. The Morgan fingerprint density at radius 2 is 1.97 bits per heavy atom. The monoisotopic (exact) mass is 396 g/mol. The summed E-state index contributed by atoms with van der Waals surface area (Å²) in [7, 11) is 0. The van der Waals surface area contributed by atoms with Crippen molar-refractivity contribution in [3.63, 3.8) is 0 Å². The first-order chi connectivity index (χ1) is 14.1. The number of amides is 2. The van der Waals surface area contributed by atoms with Crippen molar-refractivity contribution in [1.29, 1.82) is 0 Å². The second-order valence-electron chi connectivity index (χ2n) is 7.15. The number of rotatable bonds is 7. The summed E-state index contributed by atoms with van der Waals surface area (Å²) in [6.07, 6.45) is 1.15. The number of nitrogens with one attached hydrogen (secondary N) is 1. The summed E-state index contributed by atoms with van der Waals surface area (Å²) < 4.78 is 16.2. The number of fused-ring (bicyclic) bond motifs is 1. The predicted molar refractivity (Wildman–Crippen MR) is 107 cm³/mol. The zero-order chi connectivity index (χ0) is 20.2. The van der Waals surface area contributed by atoms with E-state index in [1.54, 1.807) is 4.90 Å². The van der Waals surface area contributed by atoms with E-state index in [4.69, 9.17) is 14.2 Å². The van der Waals surface area contributed by atoms with Gasteiger partial charge in [0.15, 0.2) is 11.5 Å². The number of hydrogen-bond acceptors (Lipinski definition) is 5. The van der Waals surface area contributed by atoms with E-state index in [0.29, 0.717) is 31.2 Å². The molecule has 7 nitrogen and oxygen atoms in total. The van der Waals surface area contributed by atoms with Gasteiger partial charge >= 0.3 is 0 Å². The van der Waals surface area contributed by atoms with Crippen LogP contribution in [0.3, 0.4) is 0 Å². The first kappa shape index (κ1) is 19.1. The maximum absolute atomic E-state index is 12.6. The van der Waals surface area contributed by atoms with Crippen LogP contribution in [0, 0.1) is 5.92 Å². The Labute approximate surface area is 169 Å². The number of carbonyl (C=O) groups excluding carboxylic acids is 2. The van der Waals surface area contributed by atoms with Crippen LogP contribution in [0.5, 0.6) is 17.2 Å². The third kappa shape index (κ3) is 4.29. The fourth-order valence-corrected chi connectivity index (χ4v) is 3.46. The molecule has 2 aliphatic heterocycles. The van der Waals surface area contributed by atoms with Crippen molar-refractivity contribution < 1.29 is 23.8 Å². The van der Waals surface area contributed by atoms with Crippen LogP contribution in [0.4, 0.5) is 5.69 Å². The number of carbonyl (C=O) groups is 2. The van der Waals surface area contributed by atoms with E-state index >= 15 is 0 Å². The normalized spacial score (nSPS) is 17.5. The molecule has 0 aromatic heterocycles. The molecule has 4 rings (SSSR count). The van der Waals surface area contributed by atoms with Gasteiger partial charge < -0.3 is 24.4 Å². The van der Waals surface area contributed by atoms with Crippen LogP contribution in [-0.4, -0.2) is 31.8 Å². The number of ether oxygens (including phenoxy) is 3. The quantitative estimate of drug-likeness (QED) is 0.779. The minimum atomic E-state index is -0.368. The Balaban J connectivity index is 1.33. The molecule has 1 N–H and O–H groups in total. The highest BCUT2D eigenvalue weighted by Crippen LogP contribution is 2.32. The van der Waals surface area contributed by atoms with Gasteiger partial charge in [0.2, 0.25) is 18.6 Å². The summed E-state index contributed by atoms with van der Waals surface area (Å²) in [5, 5.41) is 2.92. The number of anilines is 1. The van der Waals surface area contributed by atoms with Crippen LogP contribution < -0.4 is 24.4 Å². The zero-order valence-electron chi connectivity index (χ0n) is 16.3. The minimum Gasteiger partial charge on any atom is -0.494 e. The maximum Gasteiger partial charge on any atom is 0.231 e. The van der Waals surface area contributed by atoms with Crippen molar-refractivity contribution in [1.82, 2.24) is 5.32 Å². The van der Waals surface area contributed by atoms with Crippen LogP contribution in [0.2, 0.25) is 0 Å². The van der Waals surface area contributed by atoms with Crippen LogP contribution in [-0.2, 0) is 16.1 Å².